The summed E-state index contributed by atoms with van der Waals surface area (Å²) < 4.78 is 13.5. The van der Waals surface area contributed by atoms with Crippen molar-refractivity contribution >= 4 is 22.8 Å². The van der Waals surface area contributed by atoms with Crippen molar-refractivity contribution in [2.45, 2.75) is 66.3 Å². The van der Waals surface area contributed by atoms with Crippen LogP contribution in [0.3, 0.4) is 0 Å². The van der Waals surface area contributed by atoms with Gasteiger partial charge in [-0.1, -0.05) is 24.3 Å². The molecule has 0 saturated carbocycles. The highest BCUT2D eigenvalue weighted by molar-refractivity contribution is 5.99. The van der Waals surface area contributed by atoms with Gasteiger partial charge in [0, 0.05) is 28.7 Å². The Balaban J connectivity index is 1.54. The van der Waals surface area contributed by atoms with Crippen LogP contribution in [0.25, 0.3) is 10.9 Å². The Morgan fingerprint density at radius 1 is 0.897 bits per heavy atom. The molecule has 1 amide bonds. The summed E-state index contributed by atoms with van der Waals surface area (Å²) in [6, 6.07) is 20.9. The van der Waals surface area contributed by atoms with Gasteiger partial charge in [0.15, 0.2) is 6.10 Å². The van der Waals surface area contributed by atoms with Crippen molar-refractivity contribution in [3.05, 3.63) is 94.7 Å². The van der Waals surface area contributed by atoms with E-state index in [1.54, 1.807) is 6.07 Å². The molecule has 4 aromatic rings. The number of carboxylic acid groups (broad SMARTS) is 1. The summed E-state index contributed by atoms with van der Waals surface area (Å²) in [7, 11) is 0. The summed E-state index contributed by atoms with van der Waals surface area (Å²) >= 11 is 0. The molecule has 7 heteroatoms. The van der Waals surface area contributed by atoms with E-state index in [0.29, 0.717) is 17.9 Å². The molecular weight excluding hydrogens is 492 g/mol. The lowest BCUT2D eigenvalue weighted by Gasteiger charge is -2.17. The average molecular weight is 529 g/mol. The van der Waals surface area contributed by atoms with Crippen LogP contribution >= 0.6 is 0 Å². The van der Waals surface area contributed by atoms with Crippen molar-refractivity contribution in [2.75, 3.05) is 0 Å². The second-order valence-corrected chi connectivity index (χ2v) is 10.2. The molecule has 1 aromatic heterocycles. The van der Waals surface area contributed by atoms with Crippen LogP contribution in [0, 0.1) is 13.8 Å². The van der Waals surface area contributed by atoms with Gasteiger partial charge in [-0.25, -0.2) is 4.79 Å². The maximum atomic E-state index is 13.2. The molecule has 204 valence electrons. The Bertz CT molecular complexity index is 1500. The molecule has 2 N–H and O–H groups in total. The average Bonchev–Trinajstić information content (AvgIpc) is 3.12. The predicted molar refractivity (Wildman–Crippen MR) is 153 cm³/mol. The Morgan fingerprint density at radius 3 is 2.28 bits per heavy atom. The van der Waals surface area contributed by atoms with Crippen LogP contribution in [0.15, 0.2) is 66.7 Å². The first-order valence-corrected chi connectivity index (χ1v) is 13.2. The summed E-state index contributed by atoms with van der Waals surface area (Å²) in [4.78, 5) is 24.4. The maximum absolute atomic E-state index is 13.2. The molecule has 0 aliphatic carbocycles. The van der Waals surface area contributed by atoms with Gasteiger partial charge in [0.2, 0.25) is 0 Å². The number of rotatable bonds is 10. The predicted octanol–water partition coefficient (Wildman–Crippen LogP) is 6.44. The third-order valence-corrected chi connectivity index (χ3v) is 6.88. The number of carbonyl (C=O) groups excluding carboxylic acids is 1. The van der Waals surface area contributed by atoms with Crippen LogP contribution in [0.4, 0.5) is 0 Å². The highest BCUT2D eigenvalue weighted by Crippen LogP contribution is 2.28. The molecule has 0 radical (unpaired) electrons. The number of hydrogen-bond acceptors (Lipinski definition) is 4. The van der Waals surface area contributed by atoms with Gasteiger partial charge in [0.05, 0.1) is 12.1 Å². The number of benzene rings is 3. The zero-order valence-corrected chi connectivity index (χ0v) is 23.3. The number of hydrogen-bond donors (Lipinski definition) is 2. The van der Waals surface area contributed by atoms with E-state index in [1.807, 2.05) is 81.4 Å². The minimum Gasteiger partial charge on any atom is -0.491 e. The lowest BCUT2D eigenvalue weighted by molar-refractivity contribution is -0.144. The van der Waals surface area contributed by atoms with E-state index in [2.05, 4.69) is 23.7 Å². The van der Waals surface area contributed by atoms with Gasteiger partial charge in [-0.2, -0.15) is 0 Å². The summed E-state index contributed by atoms with van der Waals surface area (Å²) in [5, 5.41) is 13.3. The quantitative estimate of drug-likeness (QED) is 0.247. The summed E-state index contributed by atoms with van der Waals surface area (Å²) in [5.74, 6) is 0.154. The van der Waals surface area contributed by atoms with Crippen molar-refractivity contribution in [1.29, 1.82) is 0 Å². The number of aliphatic carboxylic acids is 1. The standard InChI is InChI=1S/C32H36N2O5/c1-19(2)38-28-12-8-10-25(16-28)21(4)33-31(35)26-13-14-30-29(17-26)20(3)22(5)34(30)18-24-9-7-11-27(15-24)39-23(6)32(36)37/h7-17,19,21,23H,18H2,1-6H3,(H,33,35)(H,36,37)/t21-,23?/m0/s1. The maximum Gasteiger partial charge on any atom is 0.344 e. The minimum atomic E-state index is -1.01. The van der Waals surface area contributed by atoms with Gasteiger partial charge >= 0.3 is 5.97 Å². The van der Waals surface area contributed by atoms with Crippen LogP contribution in [-0.4, -0.2) is 33.8 Å². The van der Waals surface area contributed by atoms with Gasteiger partial charge in [-0.3, -0.25) is 4.79 Å². The molecule has 7 nitrogen and oxygen atoms in total. The van der Waals surface area contributed by atoms with E-state index in [-0.39, 0.29) is 18.1 Å². The molecule has 1 heterocycles. The Labute approximate surface area is 229 Å². The first-order valence-electron chi connectivity index (χ1n) is 13.2. The topological polar surface area (TPSA) is 89.8 Å². The van der Waals surface area contributed by atoms with Crippen LogP contribution in [-0.2, 0) is 11.3 Å². The summed E-state index contributed by atoms with van der Waals surface area (Å²) in [6.07, 6.45) is -0.852. The van der Waals surface area contributed by atoms with Crippen molar-refractivity contribution in [2.24, 2.45) is 0 Å². The number of amides is 1. The molecule has 0 saturated heterocycles. The molecule has 2 atom stereocenters. The van der Waals surface area contributed by atoms with Crippen LogP contribution in [0.1, 0.15) is 66.5 Å². The van der Waals surface area contributed by atoms with E-state index in [1.165, 1.54) is 6.92 Å². The van der Waals surface area contributed by atoms with Crippen LogP contribution in [0.2, 0.25) is 0 Å². The second kappa shape index (κ2) is 11.6. The number of aromatic nitrogens is 1. The normalized spacial score (nSPS) is 12.8. The molecule has 0 spiro atoms. The molecule has 4 rings (SSSR count). The smallest absolute Gasteiger partial charge is 0.344 e. The van der Waals surface area contributed by atoms with Gasteiger partial charge in [-0.15, -0.1) is 0 Å². The number of ether oxygens (including phenoxy) is 2. The molecule has 39 heavy (non-hydrogen) atoms. The van der Waals surface area contributed by atoms with E-state index in [0.717, 1.165) is 39.0 Å². The Morgan fingerprint density at radius 2 is 1.59 bits per heavy atom. The number of nitrogens with zero attached hydrogens (tertiary/aromatic N) is 1. The summed E-state index contributed by atoms with van der Waals surface area (Å²) in [5.41, 5.74) is 5.80. The van der Waals surface area contributed by atoms with Gasteiger partial charge in [0.1, 0.15) is 11.5 Å². The van der Waals surface area contributed by atoms with Crippen LogP contribution in [0.5, 0.6) is 11.5 Å². The Kier molecular flexibility index (Phi) is 8.29. The number of carboxylic acids is 1. The first-order chi connectivity index (χ1) is 18.5. The number of aryl methyl sites for hydroxylation is 1. The van der Waals surface area contributed by atoms with Crippen molar-refractivity contribution in [1.82, 2.24) is 9.88 Å². The van der Waals surface area contributed by atoms with Crippen molar-refractivity contribution in [3.63, 3.8) is 0 Å². The fourth-order valence-corrected chi connectivity index (χ4v) is 4.64. The molecular formula is C32H36N2O5. The fraction of sp³-hybridized carbons (Fsp3) is 0.312. The van der Waals surface area contributed by atoms with Crippen molar-refractivity contribution < 1.29 is 24.2 Å². The molecule has 0 fully saturated rings. The fourth-order valence-electron chi connectivity index (χ4n) is 4.64. The largest absolute Gasteiger partial charge is 0.491 e. The minimum absolute atomic E-state index is 0.0776. The van der Waals surface area contributed by atoms with E-state index < -0.39 is 12.1 Å². The van der Waals surface area contributed by atoms with Crippen LogP contribution < -0.4 is 14.8 Å². The highest BCUT2D eigenvalue weighted by Gasteiger charge is 2.17. The number of carbonyl (C=O) groups is 2. The summed E-state index contributed by atoms with van der Waals surface area (Å²) in [6.45, 7) is 12.2. The monoisotopic (exact) mass is 528 g/mol. The van der Waals surface area contributed by atoms with E-state index in [4.69, 9.17) is 14.6 Å². The SMILES string of the molecule is Cc1c(C)n(Cc2cccc(OC(C)C(=O)O)c2)c2ccc(C(=O)N[C@@H](C)c3cccc(OC(C)C)c3)cc12. The third kappa shape index (κ3) is 6.42. The highest BCUT2D eigenvalue weighted by atomic mass is 16.5. The number of fused-ring (bicyclic) bond motifs is 1. The molecule has 0 bridgehead atoms. The van der Waals surface area contributed by atoms with E-state index in [9.17, 15) is 9.59 Å². The van der Waals surface area contributed by atoms with E-state index >= 15 is 0 Å². The molecule has 1 unspecified atom stereocenters. The second-order valence-electron chi connectivity index (χ2n) is 10.2. The molecule has 0 aliphatic heterocycles. The Hall–Kier alpha value is -4.26. The van der Waals surface area contributed by atoms with Gasteiger partial charge in [-0.05, 0) is 101 Å². The molecule has 0 aliphatic rings. The molecule has 3 aromatic carbocycles. The lowest BCUT2D eigenvalue weighted by atomic mass is 10.1. The lowest BCUT2D eigenvalue weighted by Crippen LogP contribution is -2.26. The zero-order chi connectivity index (χ0) is 28.3. The third-order valence-electron chi connectivity index (χ3n) is 6.88. The zero-order valence-electron chi connectivity index (χ0n) is 23.3. The van der Waals surface area contributed by atoms with Gasteiger partial charge in [0.25, 0.3) is 5.91 Å². The number of nitrogens with one attached hydrogen (secondary N) is 1. The van der Waals surface area contributed by atoms with Gasteiger partial charge < -0.3 is 24.5 Å². The first kappa shape index (κ1) is 27.8. The van der Waals surface area contributed by atoms with Crippen molar-refractivity contribution in [3.8, 4) is 11.5 Å².